The van der Waals surface area contributed by atoms with Gasteiger partial charge in [0.1, 0.15) is 0 Å². The van der Waals surface area contributed by atoms with E-state index in [0.717, 1.165) is 6.21 Å². The smallest absolute Gasteiger partial charge is 0.375 e. The second-order valence-electron chi connectivity index (χ2n) is 3.88. The van der Waals surface area contributed by atoms with E-state index in [2.05, 4.69) is 9.99 Å². The first kappa shape index (κ1) is 14.8. The van der Waals surface area contributed by atoms with Gasteiger partial charge in [-0.2, -0.15) is 13.2 Å². The monoisotopic (exact) mass is 329 g/mol. The first-order chi connectivity index (χ1) is 8.82. The molecule has 0 aromatic heterocycles. The summed E-state index contributed by atoms with van der Waals surface area (Å²) in [6.45, 7) is 0. The van der Waals surface area contributed by atoms with Crippen molar-refractivity contribution in [1.82, 2.24) is 0 Å². The molecule has 0 N–H and O–H groups in total. The molecule has 0 saturated carbocycles. The first-order valence-electron chi connectivity index (χ1n) is 5.12. The largest absolute Gasteiger partial charge is 0.435 e. The van der Waals surface area contributed by atoms with Crippen molar-refractivity contribution >= 4 is 41.2 Å². The number of hydrogen-bond acceptors (Lipinski definition) is 3. The molecular weight excluding hydrogens is 322 g/mol. The average molecular weight is 330 g/mol. The Morgan fingerprint density at radius 3 is 2.26 bits per heavy atom. The second-order valence-corrected chi connectivity index (χ2v) is 5.51. The highest BCUT2D eigenvalue weighted by atomic mass is 35.5. The lowest BCUT2D eigenvalue weighted by Crippen LogP contribution is -2.42. The Morgan fingerprint density at radius 1 is 1.32 bits per heavy atom. The zero-order valence-corrected chi connectivity index (χ0v) is 11.9. The average Bonchev–Trinajstić information content (AvgIpc) is 2.77. The van der Waals surface area contributed by atoms with Gasteiger partial charge in [-0.1, -0.05) is 28.4 Å². The molecule has 0 radical (unpaired) electrons. The van der Waals surface area contributed by atoms with Crippen LogP contribution >= 0.6 is 35.0 Å². The third-order valence-corrected chi connectivity index (χ3v) is 4.46. The van der Waals surface area contributed by atoms with Gasteiger partial charge in [0.15, 0.2) is 0 Å². The molecule has 1 heterocycles. The van der Waals surface area contributed by atoms with E-state index in [-0.39, 0.29) is 15.6 Å². The number of rotatable bonds is 2. The van der Waals surface area contributed by atoms with Crippen molar-refractivity contribution in [2.75, 3.05) is 6.26 Å². The van der Waals surface area contributed by atoms with E-state index in [1.165, 1.54) is 23.9 Å². The second kappa shape index (κ2) is 5.07. The maximum Gasteiger partial charge on any atom is 0.435 e. The zero-order valence-electron chi connectivity index (χ0n) is 9.59. The van der Waals surface area contributed by atoms with Crippen LogP contribution in [0.5, 0.6) is 0 Å². The fraction of sp³-hybridized carbons (Fsp3) is 0.364. The van der Waals surface area contributed by atoms with E-state index < -0.39 is 18.2 Å². The Balaban J connectivity index is 2.57. The normalized spacial score (nSPS) is 22.6. The third-order valence-electron chi connectivity index (χ3n) is 2.79. The summed E-state index contributed by atoms with van der Waals surface area (Å²) in [6.07, 6.45) is -2.20. The van der Waals surface area contributed by atoms with Gasteiger partial charge in [-0.15, -0.1) is 11.8 Å². The Hall–Kier alpha value is -0.590. The van der Waals surface area contributed by atoms with Crippen LogP contribution < -0.4 is 0 Å². The van der Waals surface area contributed by atoms with Gasteiger partial charge in [0.25, 0.3) is 5.60 Å². The first-order valence-corrected chi connectivity index (χ1v) is 7.10. The Bertz CT molecular complexity index is 502. The molecule has 1 aromatic carbocycles. The van der Waals surface area contributed by atoms with Gasteiger partial charge in [-0.25, -0.2) is 0 Å². The highest BCUT2D eigenvalue weighted by Crippen LogP contribution is 2.49. The van der Waals surface area contributed by atoms with Gasteiger partial charge in [0.05, 0.1) is 10.0 Å². The predicted octanol–water partition coefficient (Wildman–Crippen LogP) is 4.88. The SMILES string of the molecule is CSc1c(Cl)cc([C@]2(C(F)(F)F)CC=NO2)cc1Cl. The van der Waals surface area contributed by atoms with Crippen LogP contribution in [-0.4, -0.2) is 18.6 Å². The Kier molecular flexibility index (Phi) is 3.95. The summed E-state index contributed by atoms with van der Waals surface area (Å²) in [5, 5.41) is 3.57. The molecule has 0 bridgehead atoms. The summed E-state index contributed by atoms with van der Waals surface area (Å²) < 4.78 is 39.8. The molecular formula is C11H8Cl2F3NOS. The summed E-state index contributed by atoms with van der Waals surface area (Å²) in [7, 11) is 0. The van der Waals surface area contributed by atoms with Gasteiger partial charge in [0.2, 0.25) is 0 Å². The van der Waals surface area contributed by atoms with Crippen LogP contribution in [0.15, 0.2) is 22.2 Å². The Morgan fingerprint density at radius 2 is 1.89 bits per heavy atom. The van der Waals surface area contributed by atoms with E-state index in [1.54, 1.807) is 6.26 Å². The summed E-state index contributed by atoms with van der Waals surface area (Å²) in [6, 6.07) is 2.45. The molecule has 8 heteroatoms. The number of thioether (sulfide) groups is 1. The van der Waals surface area contributed by atoms with Crippen molar-refractivity contribution in [2.45, 2.75) is 23.1 Å². The number of benzene rings is 1. The lowest BCUT2D eigenvalue weighted by atomic mass is 9.90. The van der Waals surface area contributed by atoms with Crippen LogP contribution in [0.1, 0.15) is 12.0 Å². The molecule has 1 aliphatic rings. The molecule has 19 heavy (non-hydrogen) atoms. The molecule has 0 fully saturated rings. The lowest BCUT2D eigenvalue weighted by Gasteiger charge is -2.29. The van der Waals surface area contributed by atoms with Crippen molar-refractivity contribution in [1.29, 1.82) is 0 Å². The minimum Gasteiger partial charge on any atom is -0.375 e. The number of halogens is 5. The number of hydrogen-bond donors (Lipinski definition) is 0. The molecule has 0 saturated heterocycles. The standard InChI is InChI=1S/C11H8Cl2F3NOS/c1-19-9-7(12)4-6(5-8(9)13)10(11(14,15)16)2-3-17-18-10/h3-5H,2H2,1H3/t10-/m0/s1. The maximum atomic E-state index is 13.3. The predicted molar refractivity (Wildman–Crippen MR) is 70.2 cm³/mol. The van der Waals surface area contributed by atoms with E-state index in [9.17, 15) is 13.2 Å². The zero-order chi connectivity index (χ0) is 14.3. The molecule has 1 aromatic rings. The van der Waals surface area contributed by atoms with Crippen LogP contribution in [0.3, 0.4) is 0 Å². The molecule has 1 atom stereocenters. The van der Waals surface area contributed by atoms with Crippen LogP contribution in [0.2, 0.25) is 10.0 Å². The quantitative estimate of drug-likeness (QED) is 0.721. The lowest BCUT2D eigenvalue weighted by molar-refractivity contribution is -0.275. The van der Waals surface area contributed by atoms with Gasteiger partial charge in [0, 0.05) is 23.1 Å². The number of oxime groups is 1. The molecule has 2 nitrogen and oxygen atoms in total. The molecule has 104 valence electrons. The van der Waals surface area contributed by atoms with Gasteiger partial charge in [-0.05, 0) is 18.4 Å². The molecule has 0 spiro atoms. The minimum atomic E-state index is -4.61. The van der Waals surface area contributed by atoms with Crippen molar-refractivity contribution in [2.24, 2.45) is 5.16 Å². The highest BCUT2D eigenvalue weighted by Gasteiger charge is 2.60. The molecule has 0 unspecified atom stereocenters. The summed E-state index contributed by atoms with van der Waals surface area (Å²) in [4.78, 5) is 5.13. The molecule has 1 aliphatic heterocycles. The van der Waals surface area contributed by atoms with E-state index >= 15 is 0 Å². The van der Waals surface area contributed by atoms with Crippen molar-refractivity contribution < 1.29 is 18.0 Å². The topological polar surface area (TPSA) is 21.6 Å². The van der Waals surface area contributed by atoms with E-state index in [0.29, 0.717) is 4.90 Å². The summed E-state index contributed by atoms with van der Waals surface area (Å²) >= 11 is 13.2. The maximum absolute atomic E-state index is 13.3. The summed E-state index contributed by atoms with van der Waals surface area (Å²) in [5.74, 6) is 0. The molecule has 2 rings (SSSR count). The van der Waals surface area contributed by atoms with Crippen LogP contribution in [0.25, 0.3) is 0 Å². The highest BCUT2D eigenvalue weighted by molar-refractivity contribution is 7.98. The molecule has 0 amide bonds. The van der Waals surface area contributed by atoms with Crippen LogP contribution in [0.4, 0.5) is 13.2 Å². The van der Waals surface area contributed by atoms with Crippen molar-refractivity contribution in [3.63, 3.8) is 0 Å². The van der Waals surface area contributed by atoms with E-state index in [4.69, 9.17) is 23.2 Å². The Labute approximate surface area is 121 Å². The van der Waals surface area contributed by atoms with Crippen LogP contribution in [-0.2, 0) is 10.4 Å². The summed E-state index contributed by atoms with van der Waals surface area (Å²) in [5.41, 5.74) is -2.65. The van der Waals surface area contributed by atoms with E-state index in [1.807, 2.05) is 0 Å². The van der Waals surface area contributed by atoms with Crippen LogP contribution in [0, 0.1) is 0 Å². The van der Waals surface area contributed by atoms with Gasteiger partial charge < -0.3 is 4.84 Å². The van der Waals surface area contributed by atoms with Gasteiger partial charge >= 0.3 is 6.18 Å². The van der Waals surface area contributed by atoms with Gasteiger partial charge in [-0.3, -0.25) is 0 Å². The third kappa shape index (κ3) is 2.41. The number of nitrogens with zero attached hydrogens (tertiary/aromatic N) is 1. The van der Waals surface area contributed by atoms with Crippen molar-refractivity contribution in [3.05, 3.63) is 27.7 Å². The molecule has 0 aliphatic carbocycles. The fourth-order valence-corrected chi connectivity index (χ4v) is 3.28. The fourth-order valence-electron chi connectivity index (χ4n) is 1.82. The number of alkyl halides is 3. The minimum absolute atomic E-state index is 0.148. The van der Waals surface area contributed by atoms with Crippen molar-refractivity contribution in [3.8, 4) is 0 Å².